The molecule has 0 aliphatic carbocycles. The van der Waals surface area contributed by atoms with Crippen molar-refractivity contribution in [2.24, 2.45) is 0 Å². The first-order valence-corrected chi connectivity index (χ1v) is 8.39. The van der Waals surface area contributed by atoms with Crippen molar-refractivity contribution < 1.29 is 14.7 Å². The van der Waals surface area contributed by atoms with Crippen LogP contribution in [0.5, 0.6) is 0 Å². The first-order chi connectivity index (χ1) is 12.0. The van der Waals surface area contributed by atoms with Crippen molar-refractivity contribution in [2.45, 2.75) is 25.4 Å². The summed E-state index contributed by atoms with van der Waals surface area (Å²) in [5, 5.41) is 15.0. The number of hydrogen-bond donors (Lipinski definition) is 3. The van der Waals surface area contributed by atoms with Gasteiger partial charge in [-0.1, -0.05) is 54.1 Å². The molecule has 2 aromatic carbocycles. The molecule has 132 valence electrons. The van der Waals surface area contributed by atoms with Gasteiger partial charge in [-0.15, -0.1) is 0 Å². The molecule has 0 radical (unpaired) electrons. The normalized spacial score (nSPS) is 12.9. The van der Waals surface area contributed by atoms with Gasteiger partial charge < -0.3 is 15.7 Å². The summed E-state index contributed by atoms with van der Waals surface area (Å²) in [7, 11) is 0. The van der Waals surface area contributed by atoms with E-state index in [0.717, 1.165) is 5.56 Å². The lowest BCUT2D eigenvalue weighted by Crippen LogP contribution is -2.38. The Morgan fingerprint density at radius 1 is 1.04 bits per heavy atom. The second-order valence-electron chi connectivity index (χ2n) is 5.77. The van der Waals surface area contributed by atoms with E-state index in [-0.39, 0.29) is 30.9 Å². The fourth-order valence-corrected chi connectivity index (χ4v) is 2.61. The predicted molar refractivity (Wildman–Crippen MR) is 97.4 cm³/mol. The lowest BCUT2D eigenvalue weighted by Gasteiger charge is -2.20. The fraction of sp³-hybridized carbons (Fsp3) is 0.263. The average Bonchev–Trinajstić information content (AvgIpc) is 2.62. The summed E-state index contributed by atoms with van der Waals surface area (Å²) in [5.74, 6) is -0.600. The van der Waals surface area contributed by atoms with Gasteiger partial charge in [-0.2, -0.15) is 0 Å². The second kappa shape index (κ2) is 9.20. The van der Waals surface area contributed by atoms with Gasteiger partial charge in [0.15, 0.2) is 0 Å². The van der Waals surface area contributed by atoms with Crippen LogP contribution in [0.25, 0.3) is 0 Å². The molecule has 0 aliphatic rings. The van der Waals surface area contributed by atoms with E-state index in [4.69, 9.17) is 16.7 Å². The van der Waals surface area contributed by atoms with Gasteiger partial charge in [0.2, 0.25) is 5.91 Å². The van der Waals surface area contributed by atoms with Crippen LogP contribution in [0, 0.1) is 0 Å². The lowest BCUT2D eigenvalue weighted by atomic mass is 10.0. The highest BCUT2D eigenvalue weighted by atomic mass is 35.5. The smallest absolute Gasteiger partial charge is 0.253 e. The Balaban J connectivity index is 2.16. The summed E-state index contributed by atoms with van der Waals surface area (Å²) in [5.41, 5.74) is 1.17. The van der Waals surface area contributed by atoms with Gasteiger partial charge >= 0.3 is 0 Å². The molecule has 2 atom stereocenters. The van der Waals surface area contributed by atoms with E-state index in [9.17, 15) is 9.59 Å². The lowest BCUT2D eigenvalue weighted by molar-refractivity contribution is -0.122. The minimum absolute atomic E-state index is 0.0601. The van der Waals surface area contributed by atoms with Crippen molar-refractivity contribution in [3.05, 3.63) is 70.7 Å². The zero-order valence-electron chi connectivity index (χ0n) is 13.9. The van der Waals surface area contributed by atoms with Crippen LogP contribution in [0.1, 0.15) is 35.3 Å². The number of nitrogens with one attached hydrogen (secondary N) is 2. The summed E-state index contributed by atoms with van der Waals surface area (Å²) in [6.45, 7) is 1.56. The van der Waals surface area contributed by atoms with E-state index < -0.39 is 6.04 Å². The second-order valence-corrected chi connectivity index (χ2v) is 6.18. The molecule has 0 fully saturated rings. The van der Waals surface area contributed by atoms with Gasteiger partial charge in [0.1, 0.15) is 0 Å². The van der Waals surface area contributed by atoms with Crippen LogP contribution < -0.4 is 10.6 Å². The van der Waals surface area contributed by atoms with Crippen LogP contribution in [-0.2, 0) is 4.79 Å². The molecule has 2 rings (SSSR count). The van der Waals surface area contributed by atoms with Crippen LogP contribution >= 0.6 is 11.6 Å². The zero-order chi connectivity index (χ0) is 18.2. The summed E-state index contributed by atoms with van der Waals surface area (Å²) in [4.78, 5) is 24.7. The van der Waals surface area contributed by atoms with Crippen molar-refractivity contribution in [1.29, 1.82) is 0 Å². The molecular weight excluding hydrogens is 340 g/mol. The molecule has 2 amide bonds. The number of carbonyl (C=O) groups excluding carboxylic acids is 2. The monoisotopic (exact) mass is 360 g/mol. The van der Waals surface area contributed by atoms with E-state index in [1.807, 2.05) is 30.3 Å². The van der Waals surface area contributed by atoms with E-state index in [1.54, 1.807) is 31.2 Å². The molecule has 5 nitrogen and oxygen atoms in total. The number of aliphatic hydroxyl groups excluding tert-OH is 1. The number of carbonyl (C=O) groups is 2. The molecular formula is C19H21ClN2O3. The fourth-order valence-electron chi connectivity index (χ4n) is 2.38. The van der Waals surface area contributed by atoms with Gasteiger partial charge in [0, 0.05) is 6.04 Å². The van der Waals surface area contributed by atoms with Crippen LogP contribution in [0.15, 0.2) is 54.6 Å². The van der Waals surface area contributed by atoms with Crippen molar-refractivity contribution in [3.63, 3.8) is 0 Å². The largest absolute Gasteiger partial charge is 0.394 e. The maximum Gasteiger partial charge on any atom is 0.253 e. The van der Waals surface area contributed by atoms with Gasteiger partial charge in [-0.25, -0.2) is 0 Å². The SMILES string of the molecule is CC(CO)NC(=O)CC(NC(=O)c1ccccc1Cl)c1ccccc1. The van der Waals surface area contributed by atoms with Crippen molar-refractivity contribution in [3.8, 4) is 0 Å². The van der Waals surface area contributed by atoms with Crippen molar-refractivity contribution in [1.82, 2.24) is 10.6 Å². The quantitative estimate of drug-likeness (QED) is 0.710. The maximum atomic E-state index is 12.5. The molecule has 25 heavy (non-hydrogen) atoms. The number of aliphatic hydroxyl groups is 1. The molecule has 0 saturated heterocycles. The summed E-state index contributed by atoms with van der Waals surface area (Å²) >= 11 is 6.07. The van der Waals surface area contributed by atoms with E-state index in [1.165, 1.54) is 0 Å². The van der Waals surface area contributed by atoms with Gasteiger partial charge in [-0.05, 0) is 24.6 Å². The van der Waals surface area contributed by atoms with Crippen LogP contribution in [-0.4, -0.2) is 29.6 Å². The Morgan fingerprint density at radius 2 is 1.68 bits per heavy atom. The molecule has 0 saturated carbocycles. The predicted octanol–water partition coefficient (Wildman–Crippen LogP) is 2.70. The van der Waals surface area contributed by atoms with Crippen LogP contribution in [0.3, 0.4) is 0 Å². The number of benzene rings is 2. The summed E-state index contributed by atoms with van der Waals surface area (Å²) < 4.78 is 0. The standard InChI is InChI=1S/C19H21ClN2O3/c1-13(12-23)21-18(24)11-17(14-7-3-2-4-8-14)22-19(25)15-9-5-6-10-16(15)20/h2-10,13,17,23H,11-12H2,1H3,(H,21,24)(H,22,25). The van der Waals surface area contributed by atoms with E-state index >= 15 is 0 Å². The Hall–Kier alpha value is -2.37. The highest BCUT2D eigenvalue weighted by molar-refractivity contribution is 6.33. The summed E-state index contributed by atoms with van der Waals surface area (Å²) in [6, 6.07) is 15.2. The van der Waals surface area contributed by atoms with E-state index in [0.29, 0.717) is 10.6 Å². The molecule has 0 aliphatic heterocycles. The average molecular weight is 361 g/mol. The number of hydrogen-bond acceptors (Lipinski definition) is 3. The number of halogens is 1. The zero-order valence-corrected chi connectivity index (χ0v) is 14.7. The minimum atomic E-state index is -0.504. The highest BCUT2D eigenvalue weighted by Gasteiger charge is 2.21. The van der Waals surface area contributed by atoms with Gasteiger partial charge in [0.25, 0.3) is 5.91 Å². The topological polar surface area (TPSA) is 78.4 Å². The van der Waals surface area contributed by atoms with Crippen molar-refractivity contribution in [2.75, 3.05) is 6.61 Å². The first-order valence-electron chi connectivity index (χ1n) is 8.01. The molecule has 0 spiro atoms. The Bertz CT molecular complexity index is 722. The summed E-state index contributed by atoms with van der Waals surface area (Å²) in [6.07, 6.45) is 0.0601. The van der Waals surface area contributed by atoms with E-state index in [2.05, 4.69) is 10.6 Å². The Morgan fingerprint density at radius 3 is 2.32 bits per heavy atom. The number of rotatable bonds is 7. The van der Waals surface area contributed by atoms with Gasteiger partial charge in [0.05, 0.1) is 29.7 Å². The van der Waals surface area contributed by atoms with Crippen molar-refractivity contribution >= 4 is 23.4 Å². The minimum Gasteiger partial charge on any atom is -0.394 e. The Labute approximate surface area is 152 Å². The third-order valence-electron chi connectivity index (χ3n) is 3.70. The third-order valence-corrected chi connectivity index (χ3v) is 4.03. The maximum absolute atomic E-state index is 12.5. The molecule has 6 heteroatoms. The molecule has 0 bridgehead atoms. The highest BCUT2D eigenvalue weighted by Crippen LogP contribution is 2.20. The Kier molecular flexibility index (Phi) is 6.98. The third kappa shape index (κ3) is 5.59. The molecule has 0 aromatic heterocycles. The molecule has 3 N–H and O–H groups in total. The molecule has 2 aromatic rings. The number of amides is 2. The van der Waals surface area contributed by atoms with Crippen LogP contribution in [0.2, 0.25) is 5.02 Å². The molecule has 2 unspecified atom stereocenters. The van der Waals surface area contributed by atoms with Crippen LogP contribution in [0.4, 0.5) is 0 Å². The molecule has 0 heterocycles. The first kappa shape index (κ1) is 19.0. The van der Waals surface area contributed by atoms with Gasteiger partial charge in [-0.3, -0.25) is 9.59 Å².